The third-order valence-electron chi connectivity index (χ3n) is 1.44. The van der Waals surface area contributed by atoms with Gasteiger partial charge in [0, 0.05) is 5.38 Å². The van der Waals surface area contributed by atoms with Crippen molar-refractivity contribution in [1.82, 2.24) is 4.72 Å². The molecule has 0 bridgehead atoms. The first-order valence-electron chi connectivity index (χ1n) is 3.66. The van der Waals surface area contributed by atoms with E-state index in [2.05, 4.69) is 0 Å². The predicted molar refractivity (Wildman–Crippen MR) is 52.1 cm³/mol. The second-order valence-electron chi connectivity index (χ2n) is 2.43. The van der Waals surface area contributed by atoms with E-state index in [1.165, 1.54) is 5.38 Å². The van der Waals surface area contributed by atoms with Crippen molar-refractivity contribution in [2.45, 2.75) is 4.90 Å². The zero-order valence-electron chi connectivity index (χ0n) is 7.30. The van der Waals surface area contributed by atoms with Crippen LogP contribution in [0.3, 0.4) is 0 Å². The van der Waals surface area contributed by atoms with E-state index in [0.717, 1.165) is 17.4 Å². The number of nitriles is 1. The monoisotopic (exact) mass is 246 g/mol. The summed E-state index contributed by atoms with van der Waals surface area (Å²) in [5, 5.41) is 18.0. The molecule has 0 saturated carbocycles. The number of carboxylic acids is 1. The topological polar surface area (TPSA) is 107 Å². The molecule has 8 heteroatoms. The molecule has 0 aromatic carbocycles. The maximum Gasteiger partial charge on any atom is 0.345 e. The van der Waals surface area contributed by atoms with E-state index in [1.807, 2.05) is 4.72 Å². The fourth-order valence-electron chi connectivity index (χ4n) is 0.782. The highest BCUT2D eigenvalue weighted by Gasteiger charge is 2.17. The molecule has 0 radical (unpaired) electrons. The summed E-state index contributed by atoms with van der Waals surface area (Å²) in [4.78, 5) is 10.3. The maximum absolute atomic E-state index is 11.4. The van der Waals surface area contributed by atoms with Gasteiger partial charge in [-0.1, -0.05) is 0 Å². The van der Waals surface area contributed by atoms with Crippen LogP contribution >= 0.6 is 11.3 Å². The van der Waals surface area contributed by atoms with Crippen molar-refractivity contribution in [3.63, 3.8) is 0 Å². The van der Waals surface area contributed by atoms with E-state index >= 15 is 0 Å². The van der Waals surface area contributed by atoms with Crippen LogP contribution in [-0.2, 0) is 10.0 Å². The number of thiophene rings is 1. The molecule has 2 N–H and O–H groups in total. The lowest BCUT2D eigenvalue weighted by molar-refractivity contribution is 0.0702. The van der Waals surface area contributed by atoms with Gasteiger partial charge in [-0.2, -0.15) is 9.98 Å². The number of rotatable bonds is 4. The number of carbonyl (C=O) groups is 1. The van der Waals surface area contributed by atoms with Crippen LogP contribution in [0.1, 0.15) is 9.67 Å². The van der Waals surface area contributed by atoms with E-state index in [1.54, 1.807) is 6.07 Å². The molecular weight excluding hydrogens is 240 g/mol. The van der Waals surface area contributed by atoms with Gasteiger partial charge in [0.05, 0.1) is 17.5 Å². The van der Waals surface area contributed by atoms with E-state index in [4.69, 9.17) is 10.4 Å². The van der Waals surface area contributed by atoms with Crippen LogP contribution < -0.4 is 4.72 Å². The quantitative estimate of drug-likeness (QED) is 0.740. The van der Waals surface area contributed by atoms with Gasteiger partial charge in [-0.05, 0) is 6.07 Å². The molecule has 0 atom stereocenters. The summed E-state index contributed by atoms with van der Waals surface area (Å²) in [6, 6.07) is 2.67. The minimum absolute atomic E-state index is 0.0627. The molecule has 0 amide bonds. The standard InChI is InChI=1S/C7H6N2O4S2/c8-1-2-9-15(12,13)5-3-6(7(10)11)14-4-5/h3-4,9H,2H2,(H,10,11). The molecule has 1 aromatic heterocycles. The molecule has 0 unspecified atom stereocenters. The Morgan fingerprint density at radius 1 is 1.67 bits per heavy atom. The molecule has 0 aliphatic heterocycles. The first kappa shape index (κ1) is 11.6. The Kier molecular flexibility index (Phi) is 3.41. The van der Waals surface area contributed by atoms with Crippen LogP contribution in [0, 0.1) is 11.3 Å². The molecule has 15 heavy (non-hydrogen) atoms. The lowest BCUT2D eigenvalue weighted by Crippen LogP contribution is -2.23. The van der Waals surface area contributed by atoms with Crippen molar-refractivity contribution in [2.75, 3.05) is 6.54 Å². The number of hydrogen-bond donors (Lipinski definition) is 2. The fourth-order valence-corrected chi connectivity index (χ4v) is 2.81. The highest BCUT2D eigenvalue weighted by molar-refractivity contribution is 7.89. The van der Waals surface area contributed by atoms with Gasteiger partial charge in [-0.15, -0.1) is 11.3 Å². The summed E-state index contributed by atoms with van der Waals surface area (Å²) in [6.07, 6.45) is 0. The third kappa shape index (κ3) is 2.76. The van der Waals surface area contributed by atoms with Crippen LogP contribution in [0.4, 0.5) is 0 Å². The zero-order chi connectivity index (χ0) is 11.5. The normalized spacial score (nSPS) is 10.9. The van der Waals surface area contributed by atoms with Crippen molar-refractivity contribution in [3.05, 3.63) is 16.3 Å². The average molecular weight is 246 g/mol. The Morgan fingerprint density at radius 2 is 2.33 bits per heavy atom. The largest absolute Gasteiger partial charge is 0.477 e. The van der Waals surface area contributed by atoms with Gasteiger partial charge in [0.15, 0.2) is 0 Å². The summed E-state index contributed by atoms with van der Waals surface area (Å²) in [7, 11) is -3.76. The van der Waals surface area contributed by atoms with Crippen molar-refractivity contribution < 1.29 is 18.3 Å². The number of nitrogens with one attached hydrogen (secondary N) is 1. The van der Waals surface area contributed by atoms with Gasteiger partial charge in [0.25, 0.3) is 0 Å². The number of hydrogen-bond acceptors (Lipinski definition) is 5. The second-order valence-corrected chi connectivity index (χ2v) is 5.11. The Labute approximate surface area is 89.8 Å². The molecule has 0 spiro atoms. The number of carboxylic acid groups (broad SMARTS) is 1. The molecule has 80 valence electrons. The van der Waals surface area contributed by atoms with E-state index in [9.17, 15) is 13.2 Å². The molecule has 0 aliphatic carbocycles. The number of nitrogens with zero attached hydrogens (tertiary/aromatic N) is 1. The molecule has 0 saturated heterocycles. The highest BCUT2D eigenvalue weighted by Crippen LogP contribution is 2.18. The fraction of sp³-hybridized carbons (Fsp3) is 0.143. The summed E-state index contributed by atoms with van der Waals surface area (Å²) in [5.41, 5.74) is 0. The molecule has 0 fully saturated rings. The number of aromatic carboxylic acids is 1. The molecule has 1 rings (SSSR count). The first-order chi connectivity index (χ1) is 6.97. The van der Waals surface area contributed by atoms with Crippen LogP contribution in [0.25, 0.3) is 0 Å². The van der Waals surface area contributed by atoms with E-state index in [0.29, 0.717) is 0 Å². The van der Waals surface area contributed by atoms with Crippen molar-refractivity contribution >= 4 is 27.3 Å². The van der Waals surface area contributed by atoms with Crippen LogP contribution in [0.15, 0.2) is 16.3 Å². The average Bonchev–Trinajstić information content (AvgIpc) is 2.64. The van der Waals surface area contributed by atoms with Gasteiger partial charge in [-0.3, -0.25) is 0 Å². The van der Waals surface area contributed by atoms with Crippen molar-refractivity contribution in [3.8, 4) is 6.07 Å². The highest BCUT2D eigenvalue weighted by atomic mass is 32.2. The molecule has 0 aliphatic rings. The van der Waals surface area contributed by atoms with Crippen LogP contribution in [0.5, 0.6) is 0 Å². The lowest BCUT2D eigenvalue weighted by Gasteiger charge is -1.98. The molecular formula is C7H6N2O4S2. The van der Waals surface area contributed by atoms with E-state index < -0.39 is 16.0 Å². The zero-order valence-corrected chi connectivity index (χ0v) is 8.93. The Balaban J connectivity index is 2.97. The third-order valence-corrected chi connectivity index (χ3v) is 3.89. The van der Waals surface area contributed by atoms with Crippen molar-refractivity contribution in [2.24, 2.45) is 0 Å². The predicted octanol–water partition coefficient (Wildman–Crippen LogP) is 0.248. The summed E-state index contributed by atoms with van der Waals surface area (Å²) >= 11 is 0.816. The Bertz CT molecular complexity index is 511. The molecule has 6 nitrogen and oxygen atoms in total. The van der Waals surface area contributed by atoms with Gasteiger partial charge in [0.2, 0.25) is 10.0 Å². The Hall–Kier alpha value is -1.43. The summed E-state index contributed by atoms with van der Waals surface area (Å²) in [5.74, 6) is -1.18. The van der Waals surface area contributed by atoms with Gasteiger partial charge >= 0.3 is 5.97 Å². The van der Waals surface area contributed by atoms with Gasteiger partial charge in [-0.25, -0.2) is 13.2 Å². The van der Waals surface area contributed by atoms with Gasteiger partial charge in [0.1, 0.15) is 4.88 Å². The minimum atomic E-state index is -3.76. The van der Waals surface area contributed by atoms with E-state index in [-0.39, 0.29) is 16.3 Å². The summed E-state index contributed by atoms with van der Waals surface area (Å²) in [6.45, 7) is -0.347. The van der Waals surface area contributed by atoms with Crippen LogP contribution in [-0.4, -0.2) is 26.0 Å². The lowest BCUT2D eigenvalue weighted by atomic mass is 10.5. The smallest absolute Gasteiger partial charge is 0.345 e. The second kappa shape index (κ2) is 4.39. The van der Waals surface area contributed by atoms with Crippen LogP contribution in [0.2, 0.25) is 0 Å². The summed E-state index contributed by atoms with van der Waals surface area (Å²) < 4.78 is 24.8. The Morgan fingerprint density at radius 3 is 2.80 bits per heavy atom. The van der Waals surface area contributed by atoms with Crippen molar-refractivity contribution in [1.29, 1.82) is 5.26 Å². The van der Waals surface area contributed by atoms with Gasteiger partial charge < -0.3 is 5.11 Å². The maximum atomic E-state index is 11.4. The molecule has 1 heterocycles. The molecule has 1 aromatic rings. The SMILES string of the molecule is N#CCNS(=O)(=O)c1csc(C(=O)O)c1. The first-order valence-corrected chi connectivity index (χ1v) is 6.02. The number of sulfonamides is 1. The minimum Gasteiger partial charge on any atom is -0.477 e.